The number of alkyl halides is 2. The van der Waals surface area contributed by atoms with Crippen molar-refractivity contribution in [1.29, 1.82) is 5.26 Å². The highest BCUT2D eigenvalue weighted by Gasteiger charge is 2.43. The molecule has 0 aromatic heterocycles. The first-order valence-corrected chi connectivity index (χ1v) is 10.3. The van der Waals surface area contributed by atoms with Gasteiger partial charge in [0.05, 0.1) is 0 Å². The van der Waals surface area contributed by atoms with Crippen LogP contribution < -0.4 is 4.74 Å². The molecule has 2 aromatic carbocycles. The maximum Gasteiger partial charge on any atom is 0.432 e. The molecule has 0 amide bonds. The number of nitriles is 1. The second-order valence-electron chi connectivity index (χ2n) is 7.78. The maximum atomic E-state index is 15.5. The van der Waals surface area contributed by atoms with Crippen LogP contribution in [0.25, 0.3) is 0 Å². The lowest BCUT2D eigenvalue weighted by Gasteiger charge is -2.28. The third-order valence-corrected chi connectivity index (χ3v) is 5.64. The van der Waals surface area contributed by atoms with E-state index in [1.807, 2.05) is 0 Å². The van der Waals surface area contributed by atoms with Crippen molar-refractivity contribution >= 4 is 0 Å². The second kappa shape index (κ2) is 9.68. The van der Waals surface area contributed by atoms with Crippen LogP contribution in [-0.4, -0.2) is 0 Å². The number of allylic oxidation sites excluding steroid dienone is 1. The number of rotatable bonds is 7. The number of hydrogen-bond donors (Lipinski definition) is 0. The van der Waals surface area contributed by atoms with Gasteiger partial charge in [0.1, 0.15) is 46.2 Å². The largest absolute Gasteiger partial charge is 0.432 e. The van der Waals surface area contributed by atoms with Crippen LogP contribution in [-0.2, 0) is 12.5 Å². The van der Waals surface area contributed by atoms with Gasteiger partial charge in [0.2, 0.25) is 0 Å². The lowest BCUT2D eigenvalue weighted by atomic mass is 9.80. The molecule has 8 heteroatoms. The standard InChI is InChI=1S/C24H21F6NO/c1-2-3-7-15-10-20(27)22(23(28)21(15)14-8-5-4-6-9-14)24(29,30)32-16-11-18(25)17(13-31)19(26)12-16/h2,10-12,14H,1,3-9H2. The summed E-state index contributed by atoms with van der Waals surface area (Å²) in [5.74, 6) is -7.12. The van der Waals surface area contributed by atoms with Gasteiger partial charge >= 0.3 is 6.11 Å². The molecule has 0 bridgehead atoms. The average molecular weight is 453 g/mol. The van der Waals surface area contributed by atoms with Gasteiger partial charge in [0.25, 0.3) is 0 Å². The average Bonchev–Trinajstić information content (AvgIpc) is 2.71. The lowest BCUT2D eigenvalue weighted by Crippen LogP contribution is -2.27. The van der Waals surface area contributed by atoms with Gasteiger partial charge in [-0.1, -0.05) is 25.3 Å². The molecular weight excluding hydrogens is 432 g/mol. The third-order valence-electron chi connectivity index (χ3n) is 5.64. The molecule has 0 saturated heterocycles. The summed E-state index contributed by atoms with van der Waals surface area (Å²) >= 11 is 0. The van der Waals surface area contributed by atoms with E-state index in [-0.39, 0.29) is 17.9 Å². The van der Waals surface area contributed by atoms with Crippen LogP contribution in [0.5, 0.6) is 5.75 Å². The summed E-state index contributed by atoms with van der Waals surface area (Å²) in [6.45, 7) is 3.58. The molecule has 1 fully saturated rings. The lowest BCUT2D eigenvalue weighted by molar-refractivity contribution is -0.189. The Labute approximate surface area is 182 Å². The van der Waals surface area contributed by atoms with Crippen molar-refractivity contribution in [2.75, 3.05) is 0 Å². The van der Waals surface area contributed by atoms with Crippen LogP contribution in [0.2, 0.25) is 0 Å². The molecule has 32 heavy (non-hydrogen) atoms. The Morgan fingerprint density at radius 2 is 1.66 bits per heavy atom. The van der Waals surface area contributed by atoms with Crippen molar-refractivity contribution in [2.24, 2.45) is 0 Å². The van der Waals surface area contributed by atoms with E-state index in [1.165, 1.54) is 6.07 Å². The van der Waals surface area contributed by atoms with Crippen molar-refractivity contribution in [2.45, 2.75) is 57.0 Å². The first-order valence-electron chi connectivity index (χ1n) is 10.3. The van der Waals surface area contributed by atoms with Crippen LogP contribution in [0.3, 0.4) is 0 Å². The molecule has 0 atom stereocenters. The van der Waals surface area contributed by atoms with Gasteiger partial charge in [-0.05, 0) is 48.8 Å². The summed E-state index contributed by atoms with van der Waals surface area (Å²) in [4.78, 5) is 0. The maximum absolute atomic E-state index is 15.5. The van der Waals surface area contributed by atoms with Gasteiger partial charge in [-0.15, -0.1) is 6.58 Å². The fourth-order valence-corrected chi connectivity index (χ4v) is 4.16. The van der Waals surface area contributed by atoms with Gasteiger partial charge in [-0.2, -0.15) is 14.0 Å². The fraction of sp³-hybridized carbons (Fsp3) is 0.375. The zero-order valence-corrected chi connectivity index (χ0v) is 17.2. The summed E-state index contributed by atoms with van der Waals surface area (Å²) in [6, 6.07) is 2.86. The van der Waals surface area contributed by atoms with E-state index in [4.69, 9.17) is 5.26 Å². The minimum absolute atomic E-state index is 0.0309. The van der Waals surface area contributed by atoms with E-state index in [1.54, 1.807) is 6.08 Å². The first kappa shape index (κ1) is 23.7. The highest BCUT2D eigenvalue weighted by atomic mass is 19.3. The smallest absolute Gasteiger partial charge is 0.429 e. The van der Waals surface area contributed by atoms with Gasteiger partial charge < -0.3 is 4.74 Å². The minimum atomic E-state index is -4.55. The predicted molar refractivity (Wildman–Crippen MR) is 106 cm³/mol. The van der Waals surface area contributed by atoms with Crippen molar-refractivity contribution < 1.29 is 31.1 Å². The molecule has 0 spiro atoms. The van der Waals surface area contributed by atoms with Crippen LogP contribution in [0.15, 0.2) is 30.9 Å². The minimum Gasteiger partial charge on any atom is -0.429 e. The fourth-order valence-electron chi connectivity index (χ4n) is 4.16. The van der Waals surface area contributed by atoms with Crippen molar-refractivity contribution in [1.82, 2.24) is 0 Å². The normalized spacial score (nSPS) is 14.8. The molecule has 1 aliphatic carbocycles. The Balaban J connectivity index is 2.07. The molecule has 2 nitrogen and oxygen atoms in total. The van der Waals surface area contributed by atoms with Crippen LogP contribution in [0, 0.1) is 34.6 Å². The van der Waals surface area contributed by atoms with E-state index in [0.29, 0.717) is 37.0 Å². The molecule has 2 aromatic rings. The van der Waals surface area contributed by atoms with E-state index >= 15 is 4.39 Å². The highest BCUT2D eigenvalue weighted by molar-refractivity contribution is 5.41. The molecule has 170 valence electrons. The first-order chi connectivity index (χ1) is 15.2. The number of halogens is 6. The van der Waals surface area contributed by atoms with Crippen LogP contribution in [0.1, 0.15) is 66.7 Å². The topological polar surface area (TPSA) is 33.0 Å². The zero-order chi connectivity index (χ0) is 23.5. The summed E-state index contributed by atoms with van der Waals surface area (Å²) in [6.07, 6.45) is 1.38. The Hall–Kier alpha value is -2.95. The molecule has 0 N–H and O–H groups in total. The molecular formula is C24H21F6NO. The number of hydrogen-bond acceptors (Lipinski definition) is 2. The second-order valence-corrected chi connectivity index (χ2v) is 7.78. The molecule has 0 heterocycles. The Kier molecular flexibility index (Phi) is 7.17. The number of benzene rings is 2. The number of aryl methyl sites for hydroxylation is 1. The number of ether oxygens (including phenoxy) is 1. The number of nitrogens with zero attached hydrogens (tertiary/aromatic N) is 1. The summed E-state index contributed by atoms with van der Waals surface area (Å²) in [7, 11) is 0. The quantitative estimate of drug-likeness (QED) is 0.323. The molecule has 0 radical (unpaired) electrons. The van der Waals surface area contributed by atoms with E-state index in [9.17, 15) is 22.0 Å². The molecule has 0 aliphatic heterocycles. The zero-order valence-electron chi connectivity index (χ0n) is 17.2. The third kappa shape index (κ3) is 4.77. The van der Waals surface area contributed by atoms with Gasteiger partial charge in [-0.25, -0.2) is 17.6 Å². The summed E-state index contributed by atoms with van der Waals surface area (Å²) in [5.41, 5.74) is -2.26. The molecule has 1 aliphatic rings. The Morgan fingerprint density at radius 1 is 1.03 bits per heavy atom. The Morgan fingerprint density at radius 3 is 2.22 bits per heavy atom. The molecule has 3 rings (SSSR count). The summed E-state index contributed by atoms with van der Waals surface area (Å²) in [5, 5.41) is 8.69. The van der Waals surface area contributed by atoms with Crippen LogP contribution in [0.4, 0.5) is 26.3 Å². The van der Waals surface area contributed by atoms with Gasteiger partial charge in [0, 0.05) is 12.1 Å². The predicted octanol–water partition coefficient (Wildman–Crippen LogP) is 7.41. The molecule has 0 unspecified atom stereocenters. The van der Waals surface area contributed by atoms with Crippen molar-refractivity contribution in [3.05, 3.63) is 76.4 Å². The van der Waals surface area contributed by atoms with Crippen molar-refractivity contribution in [3.8, 4) is 11.8 Å². The van der Waals surface area contributed by atoms with Gasteiger partial charge in [0.15, 0.2) is 0 Å². The van der Waals surface area contributed by atoms with E-state index < -0.39 is 46.3 Å². The summed E-state index contributed by atoms with van der Waals surface area (Å²) < 4.78 is 92.0. The van der Waals surface area contributed by atoms with Crippen molar-refractivity contribution in [3.63, 3.8) is 0 Å². The highest BCUT2D eigenvalue weighted by Crippen LogP contribution is 2.42. The monoisotopic (exact) mass is 453 g/mol. The Bertz CT molecular complexity index is 1030. The van der Waals surface area contributed by atoms with E-state index in [2.05, 4.69) is 11.3 Å². The SMILES string of the molecule is C=CCCc1cc(F)c(C(F)(F)Oc2cc(F)c(C#N)c(F)c2)c(F)c1C1CCCCC1. The molecule has 1 saturated carbocycles. The van der Waals surface area contributed by atoms with Crippen LogP contribution >= 0.6 is 0 Å². The van der Waals surface area contributed by atoms with Gasteiger partial charge in [-0.3, -0.25) is 0 Å². The van der Waals surface area contributed by atoms with E-state index in [0.717, 1.165) is 25.3 Å².